The molecular weight excluding hydrogens is 434 g/mol. The van der Waals surface area contributed by atoms with Gasteiger partial charge in [0.1, 0.15) is 17.1 Å². The number of benzene rings is 1. The van der Waals surface area contributed by atoms with E-state index in [2.05, 4.69) is 7.05 Å². The van der Waals surface area contributed by atoms with E-state index in [0.717, 1.165) is 35.7 Å². The Hall–Kier alpha value is -2.36. The van der Waals surface area contributed by atoms with Crippen LogP contribution in [0.2, 0.25) is 0 Å². The molecule has 9 heteroatoms. The summed E-state index contributed by atoms with van der Waals surface area (Å²) in [5, 5.41) is 1.20. The first-order chi connectivity index (χ1) is 15.0. The lowest BCUT2D eigenvalue weighted by Gasteiger charge is -2.19. The van der Waals surface area contributed by atoms with Gasteiger partial charge in [0, 0.05) is 6.42 Å². The lowest BCUT2D eigenvalue weighted by Crippen LogP contribution is -3.08. The number of thioether (sulfide) groups is 1. The predicted molar refractivity (Wildman–Crippen MR) is 123 cm³/mol. The van der Waals surface area contributed by atoms with Gasteiger partial charge < -0.3 is 14.4 Å². The highest BCUT2D eigenvalue weighted by Gasteiger charge is 2.26. The Morgan fingerprint density at radius 3 is 2.74 bits per heavy atom. The summed E-state index contributed by atoms with van der Waals surface area (Å²) in [4.78, 5) is 33.9. The SMILES string of the molecule is CCOC(=O)CSc1nc2sc3c(c2c(=O)n1-c1ccc(OCC)cc1)CC[NH+](C)C3. The molecule has 1 unspecified atom stereocenters. The summed E-state index contributed by atoms with van der Waals surface area (Å²) in [5.41, 5.74) is 1.75. The zero-order valence-corrected chi connectivity index (χ0v) is 19.5. The number of esters is 1. The summed E-state index contributed by atoms with van der Waals surface area (Å²) in [6, 6.07) is 7.39. The largest absolute Gasteiger partial charge is 0.494 e. The van der Waals surface area contributed by atoms with Crippen molar-refractivity contribution in [3.63, 3.8) is 0 Å². The molecule has 1 N–H and O–H groups in total. The van der Waals surface area contributed by atoms with Gasteiger partial charge in [-0.05, 0) is 43.7 Å². The quantitative estimate of drug-likeness (QED) is 0.331. The fourth-order valence-electron chi connectivity index (χ4n) is 3.75. The van der Waals surface area contributed by atoms with Gasteiger partial charge in [-0.1, -0.05) is 11.8 Å². The van der Waals surface area contributed by atoms with Gasteiger partial charge in [-0.3, -0.25) is 14.2 Å². The Morgan fingerprint density at radius 2 is 2.03 bits per heavy atom. The number of aromatic nitrogens is 2. The van der Waals surface area contributed by atoms with Crippen LogP contribution < -0.4 is 15.2 Å². The number of ether oxygens (including phenoxy) is 2. The molecule has 1 aliphatic rings. The van der Waals surface area contributed by atoms with E-state index >= 15 is 0 Å². The first-order valence-electron chi connectivity index (χ1n) is 10.4. The smallest absolute Gasteiger partial charge is 0.316 e. The Bertz CT molecular complexity index is 1150. The number of rotatable bonds is 7. The summed E-state index contributed by atoms with van der Waals surface area (Å²) in [6.07, 6.45) is 0.872. The second-order valence-corrected chi connectivity index (χ2v) is 9.40. The van der Waals surface area contributed by atoms with Gasteiger partial charge in [0.25, 0.3) is 5.56 Å². The van der Waals surface area contributed by atoms with E-state index < -0.39 is 0 Å². The maximum atomic E-state index is 13.7. The van der Waals surface area contributed by atoms with Crippen molar-refractivity contribution in [1.82, 2.24) is 9.55 Å². The number of quaternary nitrogens is 1. The van der Waals surface area contributed by atoms with E-state index in [1.165, 1.54) is 21.5 Å². The average Bonchev–Trinajstić information content (AvgIpc) is 3.11. The second-order valence-electron chi connectivity index (χ2n) is 7.37. The minimum absolute atomic E-state index is 0.0856. The molecule has 1 aliphatic heterocycles. The highest BCUT2D eigenvalue weighted by Crippen LogP contribution is 2.32. The van der Waals surface area contributed by atoms with Crippen molar-refractivity contribution in [3.8, 4) is 11.4 Å². The zero-order chi connectivity index (χ0) is 22.0. The maximum Gasteiger partial charge on any atom is 0.316 e. The predicted octanol–water partition coefficient (Wildman–Crippen LogP) is 2.07. The third-order valence-corrected chi connectivity index (χ3v) is 7.21. The van der Waals surface area contributed by atoms with Crippen LogP contribution >= 0.6 is 23.1 Å². The number of carbonyl (C=O) groups excluding carboxylic acids is 1. The lowest BCUT2D eigenvalue weighted by molar-refractivity contribution is -0.895. The standard InChI is InChI=1S/C22H25N3O4S2/c1-4-28-15-8-6-14(7-9-15)25-21(27)19-16-10-11-24(3)12-17(16)31-20(19)23-22(25)30-13-18(26)29-5-2/h6-9H,4-5,10-13H2,1-3H3/p+1. The fraction of sp³-hybridized carbons (Fsp3) is 0.409. The van der Waals surface area contributed by atoms with Crippen LogP contribution in [0, 0.1) is 0 Å². The third-order valence-electron chi connectivity index (χ3n) is 5.17. The number of carbonyl (C=O) groups is 1. The Morgan fingerprint density at radius 1 is 1.26 bits per heavy atom. The number of hydrogen-bond acceptors (Lipinski definition) is 7. The van der Waals surface area contributed by atoms with E-state index in [4.69, 9.17) is 14.5 Å². The van der Waals surface area contributed by atoms with Crippen LogP contribution in [-0.2, 0) is 22.5 Å². The molecule has 0 radical (unpaired) electrons. The molecule has 4 rings (SSSR count). The Labute approximate surface area is 189 Å². The van der Waals surface area contributed by atoms with Crippen molar-refractivity contribution in [1.29, 1.82) is 0 Å². The first-order valence-corrected chi connectivity index (χ1v) is 12.2. The van der Waals surface area contributed by atoms with Gasteiger partial charge in [-0.15, -0.1) is 11.3 Å². The minimum atomic E-state index is -0.323. The van der Waals surface area contributed by atoms with Crippen molar-refractivity contribution in [2.75, 3.05) is 32.6 Å². The van der Waals surface area contributed by atoms with Crippen LogP contribution in [0.3, 0.4) is 0 Å². The normalized spacial score (nSPS) is 15.6. The Balaban J connectivity index is 1.83. The van der Waals surface area contributed by atoms with E-state index in [1.54, 1.807) is 22.8 Å². The molecule has 0 saturated carbocycles. The van der Waals surface area contributed by atoms with E-state index in [0.29, 0.717) is 29.4 Å². The van der Waals surface area contributed by atoms with Crippen LogP contribution in [0.4, 0.5) is 0 Å². The Kier molecular flexibility index (Phi) is 6.64. The summed E-state index contributed by atoms with van der Waals surface area (Å²) < 4.78 is 12.2. The summed E-state index contributed by atoms with van der Waals surface area (Å²) in [6.45, 7) is 6.51. The molecule has 1 aromatic carbocycles. The molecule has 3 aromatic rings. The van der Waals surface area contributed by atoms with Gasteiger partial charge in [0.05, 0.1) is 48.5 Å². The molecule has 164 valence electrons. The zero-order valence-electron chi connectivity index (χ0n) is 17.9. The van der Waals surface area contributed by atoms with Crippen LogP contribution in [0.5, 0.6) is 5.75 Å². The second kappa shape index (κ2) is 9.42. The highest BCUT2D eigenvalue weighted by molar-refractivity contribution is 7.99. The molecule has 0 aliphatic carbocycles. The van der Waals surface area contributed by atoms with Crippen LogP contribution in [0.1, 0.15) is 24.3 Å². The molecule has 7 nitrogen and oxygen atoms in total. The monoisotopic (exact) mass is 460 g/mol. The topological polar surface area (TPSA) is 74.9 Å². The molecular formula is C22H26N3O4S2+. The van der Waals surface area contributed by atoms with E-state index in [1.807, 2.05) is 31.2 Å². The number of nitrogens with zero attached hydrogens (tertiary/aromatic N) is 2. The molecule has 31 heavy (non-hydrogen) atoms. The molecule has 3 heterocycles. The van der Waals surface area contributed by atoms with Crippen LogP contribution in [0.25, 0.3) is 15.9 Å². The molecule has 0 bridgehead atoms. The number of fused-ring (bicyclic) bond motifs is 3. The van der Waals surface area contributed by atoms with Gasteiger partial charge >= 0.3 is 5.97 Å². The molecule has 0 fully saturated rings. The van der Waals surface area contributed by atoms with Gasteiger partial charge in [0.15, 0.2) is 5.16 Å². The first kappa shape index (κ1) is 21.9. The molecule has 1 atom stereocenters. The third kappa shape index (κ3) is 4.49. The van der Waals surface area contributed by atoms with E-state index in [9.17, 15) is 9.59 Å². The number of thiophene rings is 1. The number of hydrogen-bond donors (Lipinski definition) is 1. The summed E-state index contributed by atoms with van der Waals surface area (Å²) >= 11 is 2.82. The van der Waals surface area contributed by atoms with Gasteiger partial charge in [0.2, 0.25) is 0 Å². The van der Waals surface area contributed by atoms with Crippen molar-refractivity contribution >= 4 is 39.3 Å². The lowest BCUT2D eigenvalue weighted by atomic mass is 10.1. The minimum Gasteiger partial charge on any atom is -0.494 e. The average molecular weight is 461 g/mol. The molecule has 0 saturated heterocycles. The van der Waals surface area contributed by atoms with Gasteiger partial charge in [-0.25, -0.2) is 4.98 Å². The molecule has 2 aromatic heterocycles. The van der Waals surface area contributed by atoms with Crippen molar-refractivity contribution in [2.24, 2.45) is 0 Å². The maximum absolute atomic E-state index is 13.7. The number of nitrogens with one attached hydrogen (secondary N) is 1. The van der Waals surface area contributed by atoms with Crippen LogP contribution in [-0.4, -0.2) is 48.1 Å². The van der Waals surface area contributed by atoms with E-state index in [-0.39, 0.29) is 17.3 Å². The molecule has 0 spiro atoms. The van der Waals surface area contributed by atoms with Crippen molar-refractivity contribution < 1.29 is 19.2 Å². The number of likely N-dealkylation sites (N-methyl/N-ethyl adjacent to an activating group) is 1. The fourth-order valence-corrected chi connectivity index (χ4v) is 5.93. The highest BCUT2D eigenvalue weighted by atomic mass is 32.2. The van der Waals surface area contributed by atoms with Crippen LogP contribution in [0.15, 0.2) is 34.2 Å². The summed E-state index contributed by atoms with van der Waals surface area (Å²) in [7, 11) is 2.17. The van der Waals surface area contributed by atoms with Crippen molar-refractivity contribution in [2.45, 2.75) is 32.0 Å². The molecule has 0 amide bonds. The van der Waals surface area contributed by atoms with Crippen molar-refractivity contribution in [3.05, 3.63) is 45.1 Å². The van der Waals surface area contributed by atoms with Gasteiger partial charge in [-0.2, -0.15) is 0 Å². The summed E-state index contributed by atoms with van der Waals surface area (Å²) in [5.74, 6) is 0.518.